The largest absolute Gasteiger partial charge is 0.460 e. The van der Waals surface area contributed by atoms with Crippen molar-refractivity contribution in [2.75, 3.05) is 21.1 Å². The molecule has 0 spiro atoms. The maximum absolute atomic E-state index is 15.1. The average Bonchev–Trinajstić information content (AvgIpc) is 3.34. The van der Waals surface area contributed by atoms with Crippen LogP contribution in [0.3, 0.4) is 0 Å². The third kappa shape index (κ3) is 6.15. The van der Waals surface area contributed by atoms with Crippen LogP contribution in [0, 0.1) is 0 Å². The zero-order chi connectivity index (χ0) is 40.6. The van der Waals surface area contributed by atoms with Gasteiger partial charge in [-0.25, -0.2) is 0 Å². The van der Waals surface area contributed by atoms with Crippen LogP contribution in [-0.4, -0.2) is 92.3 Å². The van der Waals surface area contributed by atoms with Crippen LogP contribution >= 0.6 is 0 Å². The van der Waals surface area contributed by atoms with Crippen LogP contribution in [0.5, 0.6) is 0 Å². The van der Waals surface area contributed by atoms with Crippen LogP contribution < -0.4 is 0 Å². The number of alkyl halides is 21. The van der Waals surface area contributed by atoms with E-state index in [0.717, 1.165) is 0 Å². The molecule has 0 aliphatic heterocycles. The van der Waals surface area contributed by atoms with Gasteiger partial charge >= 0.3 is 54.1 Å². The molecule has 24 heteroatoms. The molecule has 1 aliphatic carbocycles. The van der Waals surface area contributed by atoms with Crippen molar-refractivity contribution < 1.29 is 92.2 Å². The molecular formula is C28H16F21N3. The van der Waals surface area contributed by atoms with Gasteiger partial charge in [0.05, 0.1) is 0 Å². The maximum Gasteiger partial charge on any atom is 0.460 e. The third-order valence-corrected chi connectivity index (χ3v) is 7.63. The summed E-state index contributed by atoms with van der Waals surface area (Å²) >= 11 is 0. The van der Waals surface area contributed by atoms with Crippen molar-refractivity contribution in [3.63, 3.8) is 0 Å². The van der Waals surface area contributed by atoms with Gasteiger partial charge in [0, 0.05) is 37.8 Å². The number of nitrogens with zero attached hydrogens (tertiary/aromatic N) is 3. The lowest BCUT2D eigenvalue weighted by Crippen LogP contribution is -2.57. The van der Waals surface area contributed by atoms with Crippen LogP contribution in [0.25, 0.3) is 11.1 Å². The van der Waals surface area contributed by atoms with Gasteiger partial charge in [0.25, 0.3) is 0 Å². The van der Waals surface area contributed by atoms with Crippen molar-refractivity contribution in [3.05, 3.63) is 58.1 Å². The summed E-state index contributed by atoms with van der Waals surface area (Å²) in [6, 6.07) is 1.06. The number of benzene rings is 2. The number of hydrogen-bond acceptors (Lipinski definition) is 3. The molecule has 2 aromatic carbocycles. The molecule has 0 heterocycles. The van der Waals surface area contributed by atoms with E-state index in [1.165, 1.54) is 0 Å². The summed E-state index contributed by atoms with van der Waals surface area (Å²) < 4.78 is 290. The van der Waals surface area contributed by atoms with E-state index in [-0.39, 0.29) is 26.2 Å². The molecule has 52 heavy (non-hydrogen) atoms. The molecule has 0 radical (unpaired) electrons. The van der Waals surface area contributed by atoms with Crippen molar-refractivity contribution in [1.29, 1.82) is 0 Å². The Hall–Kier alpha value is -4.02. The first-order chi connectivity index (χ1) is 23.1. The molecule has 0 saturated heterocycles. The van der Waals surface area contributed by atoms with Gasteiger partial charge in [-0.2, -0.15) is 92.2 Å². The van der Waals surface area contributed by atoms with Gasteiger partial charge in [0.2, 0.25) is 0 Å². The molecular weight excluding hydrogens is 777 g/mol. The minimum Gasteiger partial charge on any atom is -0.286 e. The Labute approximate surface area is 275 Å². The highest BCUT2D eigenvalue weighted by Crippen LogP contribution is 2.53. The molecule has 0 unspecified atom stereocenters. The SMILES string of the molecule is C/N=C(/c1ccc2c(c1)Cc1c(/C(=N/C)C(F)(F)C(F)(F)C(F)(F)F)cc(/C(=N/C)C(F)(F)C(F)(F)C(F)(F)F)cc1-2)C(F)(F)C(F)(F)C(F)(F)F. The second-order valence-corrected chi connectivity index (χ2v) is 10.8. The molecule has 290 valence electrons. The highest BCUT2D eigenvalue weighted by atomic mass is 19.4. The first-order valence-electron chi connectivity index (χ1n) is 13.3. The summed E-state index contributed by atoms with van der Waals surface area (Å²) in [5.74, 6) is -39.9. The molecule has 0 saturated carbocycles. The van der Waals surface area contributed by atoms with Crippen LogP contribution in [-0.2, 0) is 6.42 Å². The Bertz CT molecular complexity index is 1810. The minimum absolute atomic E-state index is 0.156. The quantitative estimate of drug-likeness (QED) is 0.153. The van der Waals surface area contributed by atoms with E-state index in [9.17, 15) is 83.4 Å². The maximum atomic E-state index is 15.1. The highest BCUT2D eigenvalue weighted by Gasteiger charge is 2.77. The first kappa shape index (κ1) is 42.4. The van der Waals surface area contributed by atoms with E-state index in [1.54, 1.807) is 0 Å². The minimum atomic E-state index is -7.08. The predicted octanol–water partition coefficient (Wildman–Crippen LogP) is 10.0. The van der Waals surface area contributed by atoms with E-state index < -0.39 is 117 Å². The van der Waals surface area contributed by atoms with E-state index in [4.69, 9.17) is 0 Å². The van der Waals surface area contributed by atoms with Gasteiger partial charge in [-0.3, -0.25) is 15.0 Å². The summed E-state index contributed by atoms with van der Waals surface area (Å²) in [5, 5.41) is 0. The number of fused-ring (bicyclic) bond motifs is 3. The normalized spacial score (nSPS) is 16.3. The number of aliphatic imine (C=N–C) groups is 3. The van der Waals surface area contributed by atoms with Crippen molar-refractivity contribution >= 4 is 17.1 Å². The van der Waals surface area contributed by atoms with E-state index in [1.807, 2.05) is 0 Å². The fraction of sp³-hybridized carbons (Fsp3) is 0.464. The number of halogens is 21. The van der Waals surface area contributed by atoms with Crippen LogP contribution in [0.4, 0.5) is 92.2 Å². The topological polar surface area (TPSA) is 37.1 Å². The highest BCUT2D eigenvalue weighted by molar-refractivity contribution is 6.14. The van der Waals surface area contributed by atoms with Crippen molar-refractivity contribution in [1.82, 2.24) is 0 Å². The summed E-state index contributed by atoms with van der Waals surface area (Å²) in [6.07, 6.45) is -22.2. The van der Waals surface area contributed by atoms with Gasteiger partial charge in [-0.1, -0.05) is 12.1 Å². The molecule has 3 rings (SSSR count). The Morgan fingerprint density at radius 2 is 0.808 bits per heavy atom. The van der Waals surface area contributed by atoms with Gasteiger partial charge in [-0.15, -0.1) is 0 Å². The van der Waals surface area contributed by atoms with E-state index in [2.05, 4.69) is 15.0 Å². The van der Waals surface area contributed by atoms with E-state index in [0.29, 0.717) is 25.2 Å². The predicted molar refractivity (Wildman–Crippen MR) is 140 cm³/mol. The summed E-state index contributed by atoms with van der Waals surface area (Å²) in [6.45, 7) is 0. The molecule has 0 amide bonds. The number of rotatable bonds is 9. The summed E-state index contributed by atoms with van der Waals surface area (Å²) in [7, 11) is 0.660. The second kappa shape index (κ2) is 12.5. The van der Waals surface area contributed by atoms with E-state index >= 15 is 8.78 Å². The monoisotopic (exact) mass is 793 g/mol. The van der Waals surface area contributed by atoms with Crippen LogP contribution in [0.15, 0.2) is 45.3 Å². The molecule has 0 N–H and O–H groups in total. The van der Waals surface area contributed by atoms with Gasteiger partial charge in [0.1, 0.15) is 17.1 Å². The fourth-order valence-corrected chi connectivity index (χ4v) is 5.10. The Balaban J connectivity index is 2.44. The smallest absolute Gasteiger partial charge is 0.286 e. The van der Waals surface area contributed by atoms with Crippen LogP contribution in [0.1, 0.15) is 27.8 Å². The fourth-order valence-electron chi connectivity index (χ4n) is 5.10. The molecule has 0 aromatic heterocycles. The lowest BCUT2D eigenvalue weighted by Gasteiger charge is -2.31. The third-order valence-electron chi connectivity index (χ3n) is 7.63. The van der Waals surface area contributed by atoms with Crippen molar-refractivity contribution in [2.24, 2.45) is 15.0 Å². The lowest BCUT2D eigenvalue weighted by molar-refractivity contribution is -0.336. The Morgan fingerprint density at radius 3 is 1.17 bits per heavy atom. The first-order valence-corrected chi connectivity index (χ1v) is 13.3. The molecule has 0 fully saturated rings. The molecule has 2 aromatic rings. The standard InChI is InChI=1S/C28H16F21N3/c1-50-17(20(29,30)23(35,36)26(41,42)43)10-4-5-13-11(6-10)7-15-14(13)8-12(18(51-2)21(31,32)24(37,38)27(44,45)46)9-16(15)19(52-3)22(33,34)25(39,40)28(47,48)49/h4-6,8-9H,7H2,1-3H3/b50-17-,51-18-,52-19-. The zero-order valence-corrected chi connectivity index (χ0v) is 25.4. The van der Waals surface area contributed by atoms with Crippen molar-refractivity contribution in [2.45, 2.75) is 60.5 Å². The average molecular weight is 793 g/mol. The summed E-state index contributed by atoms with van der Waals surface area (Å²) in [5.41, 5.74) is -15.4. The molecule has 0 atom stereocenters. The van der Waals surface area contributed by atoms with Crippen molar-refractivity contribution in [3.8, 4) is 11.1 Å². The summed E-state index contributed by atoms with van der Waals surface area (Å²) in [4.78, 5) is 8.11. The molecule has 3 nitrogen and oxygen atoms in total. The van der Waals surface area contributed by atoms with Gasteiger partial charge in [0.15, 0.2) is 0 Å². The van der Waals surface area contributed by atoms with Gasteiger partial charge in [-0.05, 0) is 46.9 Å². The van der Waals surface area contributed by atoms with Crippen LogP contribution in [0.2, 0.25) is 0 Å². The molecule has 0 bridgehead atoms. The van der Waals surface area contributed by atoms with Gasteiger partial charge < -0.3 is 0 Å². The number of hydrogen-bond donors (Lipinski definition) is 0. The second-order valence-electron chi connectivity index (χ2n) is 10.8. The Morgan fingerprint density at radius 1 is 0.442 bits per heavy atom. The zero-order valence-electron chi connectivity index (χ0n) is 25.4. The molecule has 1 aliphatic rings. The lowest BCUT2D eigenvalue weighted by atomic mass is 9.87. The Kier molecular flexibility index (Phi) is 10.2.